The number of carbonyl (C=O) groups is 1. The average molecular weight is 355 g/mol. The third-order valence-electron chi connectivity index (χ3n) is 3.81. The van der Waals surface area contributed by atoms with Crippen LogP contribution in [0.3, 0.4) is 0 Å². The van der Waals surface area contributed by atoms with E-state index < -0.39 is 5.91 Å². The van der Waals surface area contributed by atoms with E-state index in [9.17, 15) is 4.79 Å². The number of halogens is 1. The molecule has 3 aromatic rings. The molecule has 7 nitrogen and oxygen atoms in total. The van der Waals surface area contributed by atoms with Gasteiger partial charge >= 0.3 is 0 Å². The number of hydrogen-bond acceptors (Lipinski definition) is 4. The molecule has 1 amide bonds. The van der Waals surface area contributed by atoms with Crippen molar-refractivity contribution in [1.29, 1.82) is 5.26 Å². The number of primary amides is 1. The van der Waals surface area contributed by atoms with Crippen molar-refractivity contribution in [2.75, 3.05) is 0 Å². The van der Waals surface area contributed by atoms with Crippen molar-refractivity contribution in [3.8, 4) is 17.3 Å². The van der Waals surface area contributed by atoms with Crippen molar-refractivity contribution >= 4 is 17.5 Å². The smallest absolute Gasteiger partial charge is 0.266 e. The lowest BCUT2D eigenvalue weighted by Crippen LogP contribution is -2.12. The molecule has 0 unspecified atom stereocenters. The monoisotopic (exact) mass is 354 g/mol. The van der Waals surface area contributed by atoms with Crippen molar-refractivity contribution in [2.45, 2.75) is 19.4 Å². The minimum Gasteiger partial charge on any atom is -0.364 e. The number of benzene rings is 1. The Balaban J connectivity index is 1.76. The first-order chi connectivity index (χ1) is 12.0. The van der Waals surface area contributed by atoms with Crippen LogP contribution in [0, 0.1) is 11.3 Å². The maximum Gasteiger partial charge on any atom is 0.266 e. The Morgan fingerprint density at radius 3 is 2.92 bits per heavy atom. The average Bonchev–Trinajstić information content (AvgIpc) is 3.24. The molecule has 0 radical (unpaired) electrons. The standard InChI is InChI=1S/C17H15ClN6O/c1-10(17-21-8-15(22-17)16(20)25)9-24-5-4-14(23-24)11-2-3-12(7-19)13(18)6-11/h2-6,8,10H,9H2,1H3,(H2,20,25)(H,21,22)/t10-/m0/s1. The topological polar surface area (TPSA) is 113 Å². The van der Waals surface area contributed by atoms with Crippen LogP contribution in [0.1, 0.15) is 34.7 Å². The number of hydrogen-bond donors (Lipinski definition) is 2. The number of nitrogens with zero attached hydrogens (tertiary/aromatic N) is 4. The molecule has 25 heavy (non-hydrogen) atoms. The summed E-state index contributed by atoms with van der Waals surface area (Å²) in [4.78, 5) is 18.2. The molecule has 0 saturated carbocycles. The van der Waals surface area contributed by atoms with E-state index in [4.69, 9.17) is 22.6 Å². The number of carbonyl (C=O) groups excluding carboxylic acids is 1. The highest BCUT2D eigenvalue weighted by Crippen LogP contribution is 2.24. The maximum atomic E-state index is 11.1. The summed E-state index contributed by atoms with van der Waals surface area (Å²) in [5.74, 6) is 0.155. The van der Waals surface area contributed by atoms with Crippen LogP contribution < -0.4 is 5.73 Å². The van der Waals surface area contributed by atoms with Gasteiger partial charge in [0.15, 0.2) is 0 Å². The predicted octanol–water partition coefficient (Wildman–Crippen LogP) is 2.70. The van der Waals surface area contributed by atoms with Crippen LogP contribution in [-0.4, -0.2) is 25.7 Å². The van der Waals surface area contributed by atoms with Crippen molar-refractivity contribution in [3.63, 3.8) is 0 Å². The molecule has 0 saturated heterocycles. The van der Waals surface area contributed by atoms with Crippen molar-refractivity contribution in [3.05, 3.63) is 58.8 Å². The summed E-state index contributed by atoms with van der Waals surface area (Å²) in [5, 5.41) is 13.9. The molecular weight excluding hydrogens is 340 g/mol. The number of amides is 1. The third-order valence-corrected chi connectivity index (χ3v) is 4.13. The first kappa shape index (κ1) is 16.7. The second kappa shape index (κ2) is 6.79. The van der Waals surface area contributed by atoms with Gasteiger partial charge in [-0.1, -0.05) is 24.6 Å². The Hall–Kier alpha value is -3.11. The maximum absolute atomic E-state index is 11.1. The van der Waals surface area contributed by atoms with Gasteiger partial charge in [0.2, 0.25) is 0 Å². The van der Waals surface area contributed by atoms with E-state index in [1.54, 1.807) is 16.8 Å². The van der Waals surface area contributed by atoms with Gasteiger partial charge in [0.1, 0.15) is 17.6 Å². The molecule has 0 aliphatic heterocycles. The lowest BCUT2D eigenvalue weighted by atomic mass is 10.1. The third kappa shape index (κ3) is 3.54. The quantitative estimate of drug-likeness (QED) is 0.733. The van der Waals surface area contributed by atoms with Gasteiger partial charge in [-0.15, -0.1) is 0 Å². The van der Waals surface area contributed by atoms with E-state index in [2.05, 4.69) is 15.1 Å². The summed E-state index contributed by atoms with van der Waals surface area (Å²) in [6.45, 7) is 2.55. The van der Waals surface area contributed by atoms with Gasteiger partial charge < -0.3 is 10.7 Å². The summed E-state index contributed by atoms with van der Waals surface area (Å²) in [5.41, 5.74) is 7.54. The molecule has 8 heteroatoms. The zero-order valence-electron chi connectivity index (χ0n) is 13.4. The van der Waals surface area contributed by atoms with Gasteiger partial charge in [-0.2, -0.15) is 10.4 Å². The zero-order valence-corrected chi connectivity index (χ0v) is 14.2. The van der Waals surface area contributed by atoms with Crippen LogP contribution in [0.15, 0.2) is 36.7 Å². The van der Waals surface area contributed by atoms with Gasteiger partial charge in [0, 0.05) is 17.7 Å². The first-order valence-corrected chi connectivity index (χ1v) is 7.94. The number of aromatic amines is 1. The lowest BCUT2D eigenvalue weighted by molar-refractivity contribution is 0.0996. The number of nitrogens with one attached hydrogen (secondary N) is 1. The number of imidazole rings is 1. The molecule has 1 atom stereocenters. The highest BCUT2D eigenvalue weighted by Gasteiger charge is 2.14. The summed E-state index contributed by atoms with van der Waals surface area (Å²) in [6.07, 6.45) is 3.29. The summed E-state index contributed by atoms with van der Waals surface area (Å²) < 4.78 is 1.79. The number of nitriles is 1. The SMILES string of the molecule is C[C@@H](Cn1ccc(-c2ccc(C#N)c(Cl)c2)n1)c1ncc(C(N)=O)[nH]1. The minimum atomic E-state index is -0.537. The molecule has 0 aliphatic carbocycles. The summed E-state index contributed by atoms with van der Waals surface area (Å²) >= 11 is 6.07. The van der Waals surface area contributed by atoms with Gasteiger partial charge in [-0.25, -0.2) is 4.98 Å². The number of rotatable bonds is 5. The molecular formula is C17H15ClN6O. The largest absolute Gasteiger partial charge is 0.364 e. The molecule has 0 fully saturated rings. The van der Waals surface area contributed by atoms with Crippen LogP contribution in [-0.2, 0) is 6.54 Å². The van der Waals surface area contributed by atoms with Crippen LogP contribution in [0.25, 0.3) is 11.3 Å². The summed E-state index contributed by atoms with van der Waals surface area (Å²) in [6, 6.07) is 9.12. The Labute approximate surface area is 149 Å². The molecule has 3 rings (SSSR count). The fourth-order valence-electron chi connectivity index (χ4n) is 2.46. The Morgan fingerprint density at radius 1 is 1.48 bits per heavy atom. The minimum absolute atomic E-state index is 0.0189. The van der Waals surface area contributed by atoms with Crippen LogP contribution >= 0.6 is 11.6 Å². The second-order valence-corrected chi connectivity index (χ2v) is 6.08. The van der Waals surface area contributed by atoms with E-state index in [0.29, 0.717) is 23.0 Å². The number of aromatic nitrogens is 4. The lowest BCUT2D eigenvalue weighted by Gasteiger charge is -2.08. The number of nitrogens with two attached hydrogens (primary N) is 1. The van der Waals surface area contributed by atoms with E-state index in [0.717, 1.165) is 11.3 Å². The molecule has 0 aliphatic rings. The van der Waals surface area contributed by atoms with E-state index in [1.807, 2.05) is 31.3 Å². The Kier molecular flexibility index (Phi) is 4.55. The van der Waals surface area contributed by atoms with Crippen molar-refractivity contribution in [1.82, 2.24) is 19.7 Å². The zero-order chi connectivity index (χ0) is 18.0. The predicted molar refractivity (Wildman–Crippen MR) is 92.9 cm³/mol. The van der Waals surface area contributed by atoms with Crippen molar-refractivity contribution in [2.24, 2.45) is 5.73 Å². The molecule has 2 heterocycles. The Morgan fingerprint density at radius 2 is 2.28 bits per heavy atom. The highest BCUT2D eigenvalue weighted by atomic mass is 35.5. The van der Waals surface area contributed by atoms with Crippen LogP contribution in [0.4, 0.5) is 0 Å². The van der Waals surface area contributed by atoms with Gasteiger partial charge in [-0.05, 0) is 18.2 Å². The fraction of sp³-hybridized carbons (Fsp3) is 0.176. The molecule has 126 valence electrons. The van der Waals surface area contributed by atoms with E-state index in [-0.39, 0.29) is 11.6 Å². The summed E-state index contributed by atoms with van der Waals surface area (Å²) in [7, 11) is 0. The Bertz CT molecular complexity index is 968. The fourth-order valence-corrected chi connectivity index (χ4v) is 2.68. The van der Waals surface area contributed by atoms with Gasteiger partial charge in [0.05, 0.1) is 29.0 Å². The molecule has 2 aromatic heterocycles. The second-order valence-electron chi connectivity index (χ2n) is 5.68. The normalized spacial score (nSPS) is 11.9. The van der Waals surface area contributed by atoms with Crippen LogP contribution in [0.2, 0.25) is 5.02 Å². The van der Waals surface area contributed by atoms with Crippen LogP contribution in [0.5, 0.6) is 0 Å². The van der Waals surface area contributed by atoms with Gasteiger partial charge in [0.25, 0.3) is 5.91 Å². The first-order valence-electron chi connectivity index (χ1n) is 7.56. The molecule has 0 bridgehead atoms. The van der Waals surface area contributed by atoms with E-state index >= 15 is 0 Å². The molecule has 1 aromatic carbocycles. The highest BCUT2D eigenvalue weighted by molar-refractivity contribution is 6.32. The molecule has 0 spiro atoms. The van der Waals surface area contributed by atoms with Gasteiger partial charge in [-0.3, -0.25) is 9.48 Å². The number of H-pyrrole nitrogens is 1. The van der Waals surface area contributed by atoms with E-state index in [1.165, 1.54) is 6.20 Å². The molecule has 3 N–H and O–H groups in total. The van der Waals surface area contributed by atoms with Crippen molar-refractivity contribution < 1.29 is 4.79 Å².